The second-order valence-corrected chi connectivity index (χ2v) is 5.28. The van der Waals surface area contributed by atoms with Crippen LogP contribution in [0.15, 0.2) is 17.0 Å². The van der Waals surface area contributed by atoms with Gasteiger partial charge in [0.25, 0.3) is 0 Å². The summed E-state index contributed by atoms with van der Waals surface area (Å²) in [5.41, 5.74) is 1.08. The first-order valence-corrected chi connectivity index (χ1v) is 7.66. The van der Waals surface area contributed by atoms with E-state index in [9.17, 15) is 4.79 Å². The second-order valence-electron chi connectivity index (χ2n) is 4.43. The van der Waals surface area contributed by atoms with Crippen LogP contribution in [0.3, 0.4) is 0 Å². The number of benzene rings is 1. The van der Waals surface area contributed by atoms with E-state index in [0.717, 1.165) is 22.0 Å². The molecule has 110 valence electrons. The molecule has 1 aliphatic heterocycles. The summed E-state index contributed by atoms with van der Waals surface area (Å²) in [7, 11) is 1.39. The van der Waals surface area contributed by atoms with E-state index in [1.807, 2.05) is 18.4 Å². The van der Waals surface area contributed by atoms with Crippen LogP contribution in [0, 0.1) is 0 Å². The molecule has 0 bridgehead atoms. The van der Waals surface area contributed by atoms with Crippen LogP contribution < -0.4 is 14.8 Å². The van der Waals surface area contributed by atoms with E-state index in [-0.39, 0.29) is 12.0 Å². The lowest BCUT2D eigenvalue weighted by molar-refractivity contribution is -0.142. The highest BCUT2D eigenvalue weighted by atomic mass is 32.2. The summed E-state index contributed by atoms with van der Waals surface area (Å²) in [6.45, 7) is 3.50. The Labute approximate surface area is 123 Å². The van der Waals surface area contributed by atoms with Gasteiger partial charge < -0.3 is 19.5 Å². The zero-order chi connectivity index (χ0) is 14.5. The Kier molecular flexibility index (Phi) is 5.14. The number of hydrogen-bond donors (Lipinski definition) is 1. The molecule has 6 heteroatoms. The van der Waals surface area contributed by atoms with Crippen LogP contribution in [0.25, 0.3) is 0 Å². The van der Waals surface area contributed by atoms with Crippen LogP contribution in [0.4, 0.5) is 0 Å². The van der Waals surface area contributed by atoms with Gasteiger partial charge in [0.15, 0.2) is 11.5 Å². The predicted octanol–water partition coefficient (Wildman–Crippen LogP) is 1.83. The van der Waals surface area contributed by atoms with Gasteiger partial charge in [-0.15, -0.1) is 11.8 Å². The molecule has 1 heterocycles. The average molecular weight is 297 g/mol. The molecule has 0 spiro atoms. The molecule has 20 heavy (non-hydrogen) atoms. The molecule has 1 atom stereocenters. The molecule has 2 rings (SSSR count). The Morgan fingerprint density at radius 3 is 2.65 bits per heavy atom. The smallest absolute Gasteiger partial charge is 0.322 e. The molecule has 0 radical (unpaired) electrons. The average Bonchev–Trinajstić information content (AvgIpc) is 2.50. The topological polar surface area (TPSA) is 56.8 Å². The number of carbonyl (C=O) groups is 1. The van der Waals surface area contributed by atoms with Gasteiger partial charge in [-0.1, -0.05) is 0 Å². The third kappa shape index (κ3) is 3.37. The minimum absolute atomic E-state index is 0.270. The molecular weight excluding hydrogens is 278 g/mol. The molecule has 1 aromatic carbocycles. The predicted molar refractivity (Wildman–Crippen MR) is 77.5 cm³/mol. The fourth-order valence-corrected chi connectivity index (χ4v) is 2.58. The van der Waals surface area contributed by atoms with E-state index in [0.29, 0.717) is 19.8 Å². The number of thioether (sulfide) groups is 1. The van der Waals surface area contributed by atoms with Gasteiger partial charge in [0.2, 0.25) is 0 Å². The first-order valence-electron chi connectivity index (χ1n) is 6.43. The number of carbonyl (C=O) groups excluding carboxylic acids is 1. The third-order valence-corrected chi connectivity index (χ3v) is 3.92. The number of hydrogen-bond acceptors (Lipinski definition) is 6. The van der Waals surface area contributed by atoms with Crippen molar-refractivity contribution in [2.24, 2.45) is 0 Å². The molecule has 0 fully saturated rings. The van der Waals surface area contributed by atoms with E-state index < -0.39 is 0 Å². The molecule has 0 amide bonds. The summed E-state index contributed by atoms with van der Waals surface area (Å²) in [6.07, 6.45) is 2.01. The lowest BCUT2D eigenvalue weighted by atomic mass is 10.1. The standard InChI is InChI=1S/C14H19NO4S/c1-9(14(16)17-2)15-8-10-6-11-12(7-13(10)20-3)19-5-4-18-11/h6-7,9,15H,4-5,8H2,1-3H3/t9-/m0/s1. The Bertz CT molecular complexity index is 492. The molecule has 5 nitrogen and oxygen atoms in total. The van der Waals surface area contributed by atoms with Crippen molar-refractivity contribution in [3.8, 4) is 11.5 Å². The Morgan fingerprint density at radius 1 is 1.40 bits per heavy atom. The maximum absolute atomic E-state index is 11.4. The molecule has 1 aliphatic rings. The van der Waals surface area contributed by atoms with Crippen LogP contribution in [0.1, 0.15) is 12.5 Å². The van der Waals surface area contributed by atoms with E-state index in [1.165, 1.54) is 7.11 Å². The van der Waals surface area contributed by atoms with Crippen LogP contribution in [0.2, 0.25) is 0 Å². The van der Waals surface area contributed by atoms with Gasteiger partial charge in [-0.25, -0.2) is 0 Å². The summed E-state index contributed by atoms with van der Waals surface area (Å²) < 4.78 is 15.9. The van der Waals surface area contributed by atoms with Gasteiger partial charge >= 0.3 is 5.97 Å². The van der Waals surface area contributed by atoms with Gasteiger partial charge in [-0.2, -0.15) is 0 Å². The monoisotopic (exact) mass is 297 g/mol. The highest BCUT2D eigenvalue weighted by Crippen LogP contribution is 2.36. The number of fused-ring (bicyclic) bond motifs is 1. The maximum atomic E-state index is 11.4. The quantitative estimate of drug-likeness (QED) is 0.661. The van der Waals surface area contributed by atoms with Crippen molar-refractivity contribution in [1.82, 2.24) is 5.32 Å². The first kappa shape index (κ1) is 15.0. The van der Waals surface area contributed by atoms with Crippen molar-refractivity contribution in [3.63, 3.8) is 0 Å². The molecular formula is C14H19NO4S. The van der Waals surface area contributed by atoms with Crippen LogP contribution in [0.5, 0.6) is 11.5 Å². The Balaban J connectivity index is 2.12. The van der Waals surface area contributed by atoms with Crippen molar-refractivity contribution in [2.75, 3.05) is 26.6 Å². The van der Waals surface area contributed by atoms with E-state index >= 15 is 0 Å². The normalized spacial score (nSPS) is 14.8. The minimum atomic E-state index is -0.345. The van der Waals surface area contributed by atoms with E-state index in [1.54, 1.807) is 18.7 Å². The van der Waals surface area contributed by atoms with E-state index in [2.05, 4.69) is 5.32 Å². The van der Waals surface area contributed by atoms with Crippen molar-refractivity contribution in [3.05, 3.63) is 17.7 Å². The zero-order valence-electron chi connectivity index (χ0n) is 11.9. The lowest BCUT2D eigenvalue weighted by Gasteiger charge is -2.21. The summed E-state index contributed by atoms with van der Waals surface area (Å²) in [5, 5.41) is 3.15. The van der Waals surface area contributed by atoms with Gasteiger partial charge in [0.1, 0.15) is 19.3 Å². The maximum Gasteiger partial charge on any atom is 0.322 e. The Hall–Kier alpha value is -1.40. The molecule has 0 aliphatic carbocycles. The van der Waals surface area contributed by atoms with Gasteiger partial charge in [0, 0.05) is 11.4 Å². The zero-order valence-corrected chi connectivity index (χ0v) is 12.7. The summed E-state index contributed by atoms with van der Waals surface area (Å²) in [4.78, 5) is 12.5. The van der Waals surface area contributed by atoms with Crippen molar-refractivity contribution >= 4 is 17.7 Å². The molecule has 0 saturated heterocycles. The third-order valence-electron chi connectivity index (χ3n) is 3.10. The molecule has 1 aromatic rings. The fourth-order valence-electron chi connectivity index (χ4n) is 1.96. The van der Waals surface area contributed by atoms with Crippen LogP contribution in [-0.4, -0.2) is 38.6 Å². The first-order chi connectivity index (χ1) is 9.65. The lowest BCUT2D eigenvalue weighted by Crippen LogP contribution is -2.34. The van der Waals surface area contributed by atoms with Crippen LogP contribution >= 0.6 is 11.8 Å². The fraction of sp³-hybridized carbons (Fsp3) is 0.500. The Morgan fingerprint density at radius 2 is 2.05 bits per heavy atom. The number of ether oxygens (including phenoxy) is 3. The minimum Gasteiger partial charge on any atom is -0.486 e. The van der Waals surface area contributed by atoms with E-state index in [4.69, 9.17) is 14.2 Å². The molecule has 0 unspecified atom stereocenters. The number of methoxy groups -OCH3 is 1. The largest absolute Gasteiger partial charge is 0.486 e. The highest BCUT2D eigenvalue weighted by Gasteiger charge is 2.17. The summed E-state index contributed by atoms with van der Waals surface area (Å²) in [5.74, 6) is 1.27. The summed E-state index contributed by atoms with van der Waals surface area (Å²) in [6, 6.07) is 3.61. The molecule has 1 N–H and O–H groups in total. The SMILES string of the molecule is COC(=O)[C@H](C)NCc1cc2c(cc1SC)OCCO2. The van der Waals surface area contributed by atoms with Crippen molar-refractivity contribution in [2.45, 2.75) is 24.4 Å². The number of rotatable bonds is 5. The van der Waals surface area contributed by atoms with Crippen molar-refractivity contribution < 1.29 is 19.0 Å². The second kappa shape index (κ2) is 6.85. The van der Waals surface area contributed by atoms with Gasteiger partial charge in [-0.05, 0) is 30.9 Å². The highest BCUT2D eigenvalue weighted by molar-refractivity contribution is 7.98. The number of nitrogens with one attached hydrogen (secondary N) is 1. The molecule has 0 aromatic heterocycles. The number of esters is 1. The molecule has 0 saturated carbocycles. The van der Waals surface area contributed by atoms with Gasteiger partial charge in [0.05, 0.1) is 7.11 Å². The summed E-state index contributed by atoms with van der Waals surface area (Å²) >= 11 is 1.64. The van der Waals surface area contributed by atoms with Crippen LogP contribution in [-0.2, 0) is 16.1 Å². The van der Waals surface area contributed by atoms with Crippen molar-refractivity contribution in [1.29, 1.82) is 0 Å². The van der Waals surface area contributed by atoms with Gasteiger partial charge in [-0.3, -0.25) is 4.79 Å².